The summed E-state index contributed by atoms with van der Waals surface area (Å²) in [6.07, 6.45) is 5.95. The largest absolute Gasteiger partial charge is 0.461 e. The van der Waals surface area contributed by atoms with E-state index in [-0.39, 0.29) is 11.7 Å². The molecular weight excluding hydrogens is 384 g/mol. The standard InChI is InChI=1S/C17H22N6O2S2/c1-3-5-6-9-14-19-21-16(27-14)18-13(24)11-26-17-22-20-15(23(17)4-2)12-8-7-10-25-12/h7-8,10H,3-6,9,11H2,1-2H3,(H,18,21,24). The monoisotopic (exact) mass is 406 g/mol. The van der Waals surface area contributed by atoms with Gasteiger partial charge in [-0.2, -0.15) is 0 Å². The Bertz CT molecular complexity index is 859. The fraction of sp³-hybridized carbons (Fsp3) is 0.471. The molecule has 0 radical (unpaired) electrons. The van der Waals surface area contributed by atoms with Crippen molar-refractivity contribution in [2.24, 2.45) is 0 Å². The number of anilines is 1. The molecule has 0 fully saturated rings. The van der Waals surface area contributed by atoms with Crippen LogP contribution in [0.3, 0.4) is 0 Å². The Balaban J connectivity index is 1.54. The summed E-state index contributed by atoms with van der Waals surface area (Å²) in [7, 11) is 0. The van der Waals surface area contributed by atoms with E-state index >= 15 is 0 Å². The molecule has 3 heterocycles. The van der Waals surface area contributed by atoms with Crippen molar-refractivity contribution in [2.45, 2.75) is 51.2 Å². The summed E-state index contributed by atoms with van der Waals surface area (Å²) in [5.74, 6) is 1.40. The molecule has 8 nitrogen and oxygen atoms in total. The van der Waals surface area contributed by atoms with Gasteiger partial charge >= 0.3 is 0 Å². The van der Waals surface area contributed by atoms with Crippen LogP contribution in [0.5, 0.6) is 0 Å². The summed E-state index contributed by atoms with van der Waals surface area (Å²) < 4.78 is 7.32. The van der Waals surface area contributed by atoms with Gasteiger partial charge in [-0.1, -0.05) is 42.9 Å². The summed E-state index contributed by atoms with van der Waals surface area (Å²) in [6, 6.07) is 3.65. The lowest BCUT2D eigenvalue weighted by molar-refractivity contribution is -0.113. The molecule has 0 aromatic carbocycles. The normalized spacial score (nSPS) is 11.0. The average Bonchev–Trinajstić information content (AvgIpc) is 3.40. The molecule has 0 bridgehead atoms. The lowest BCUT2D eigenvalue weighted by Gasteiger charge is -2.05. The van der Waals surface area contributed by atoms with Gasteiger partial charge in [0.1, 0.15) is 5.01 Å². The SMILES string of the molecule is CCCCCc1nnc(NC(=O)CSc2nnc(-c3ccco3)n2CC)s1. The maximum Gasteiger partial charge on any atom is 0.236 e. The minimum atomic E-state index is -0.138. The van der Waals surface area contributed by atoms with Gasteiger partial charge < -0.3 is 4.42 Å². The van der Waals surface area contributed by atoms with Gasteiger partial charge in [-0.25, -0.2) is 0 Å². The van der Waals surface area contributed by atoms with E-state index in [1.54, 1.807) is 6.26 Å². The molecule has 1 amide bonds. The van der Waals surface area contributed by atoms with Crippen molar-refractivity contribution >= 4 is 34.1 Å². The summed E-state index contributed by atoms with van der Waals surface area (Å²) in [5, 5.41) is 21.5. The number of nitrogens with one attached hydrogen (secondary N) is 1. The van der Waals surface area contributed by atoms with Crippen LogP contribution in [0.25, 0.3) is 11.6 Å². The van der Waals surface area contributed by atoms with E-state index < -0.39 is 0 Å². The third kappa shape index (κ3) is 5.16. The van der Waals surface area contributed by atoms with Crippen molar-refractivity contribution < 1.29 is 9.21 Å². The van der Waals surface area contributed by atoms with E-state index in [0.717, 1.165) is 17.8 Å². The molecule has 144 valence electrons. The van der Waals surface area contributed by atoms with Gasteiger partial charge in [0.05, 0.1) is 12.0 Å². The Morgan fingerprint density at radius 2 is 2.15 bits per heavy atom. The lowest BCUT2D eigenvalue weighted by atomic mass is 10.2. The van der Waals surface area contributed by atoms with E-state index in [2.05, 4.69) is 32.6 Å². The van der Waals surface area contributed by atoms with Crippen molar-refractivity contribution in [1.82, 2.24) is 25.0 Å². The molecule has 0 saturated carbocycles. The zero-order valence-corrected chi connectivity index (χ0v) is 17.0. The van der Waals surface area contributed by atoms with Crippen LogP contribution in [0.2, 0.25) is 0 Å². The fourth-order valence-electron chi connectivity index (χ4n) is 2.49. The van der Waals surface area contributed by atoms with Crippen molar-refractivity contribution in [3.63, 3.8) is 0 Å². The number of rotatable bonds is 10. The van der Waals surface area contributed by atoms with E-state index in [9.17, 15) is 4.79 Å². The zero-order chi connectivity index (χ0) is 19.1. The molecule has 1 N–H and O–H groups in total. The van der Waals surface area contributed by atoms with Crippen LogP contribution in [0.1, 0.15) is 38.1 Å². The molecule has 3 aromatic heterocycles. The van der Waals surface area contributed by atoms with Gasteiger partial charge in [0, 0.05) is 13.0 Å². The Kier molecular flexibility index (Phi) is 6.99. The molecule has 0 spiro atoms. The molecule has 0 aliphatic carbocycles. The van der Waals surface area contributed by atoms with Crippen molar-refractivity contribution in [2.75, 3.05) is 11.1 Å². The van der Waals surface area contributed by atoms with E-state index in [4.69, 9.17) is 4.42 Å². The molecule has 3 aromatic rings. The molecule has 3 rings (SSSR count). The number of aromatic nitrogens is 5. The lowest BCUT2D eigenvalue weighted by Crippen LogP contribution is -2.14. The van der Waals surface area contributed by atoms with Crippen molar-refractivity contribution in [3.8, 4) is 11.6 Å². The average molecular weight is 407 g/mol. The quantitative estimate of drug-likeness (QED) is 0.403. The zero-order valence-electron chi connectivity index (χ0n) is 15.3. The number of aryl methyl sites for hydroxylation is 1. The highest BCUT2D eigenvalue weighted by atomic mass is 32.2. The van der Waals surface area contributed by atoms with E-state index in [0.29, 0.717) is 28.4 Å². The van der Waals surface area contributed by atoms with Crippen LogP contribution in [-0.2, 0) is 17.8 Å². The molecular formula is C17H22N6O2S2. The van der Waals surface area contributed by atoms with Gasteiger partial charge in [-0.15, -0.1) is 20.4 Å². The van der Waals surface area contributed by atoms with Crippen LogP contribution in [0.4, 0.5) is 5.13 Å². The number of carbonyl (C=O) groups is 1. The summed E-state index contributed by atoms with van der Waals surface area (Å²) in [6.45, 7) is 4.85. The highest BCUT2D eigenvalue weighted by molar-refractivity contribution is 7.99. The number of hydrogen-bond donors (Lipinski definition) is 1. The van der Waals surface area contributed by atoms with Crippen molar-refractivity contribution in [3.05, 3.63) is 23.4 Å². The number of carbonyl (C=O) groups excluding carboxylic acids is 1. The van der Waals surface area contributed by atoms with Crippen molar-refractivity contribution in [1.29, 1.82) is 0 Å². The van der Waals surface area contributed by atoms with Gasteiger partial charge in [-0.3, -0.25) is 14.7 Å². The van der Waals surface area contributed by atoms with Crippen LogP contribution >= 0.6 is 23.1 Å². The molecule has 0 unspecified atom stereocenters. The Labute approximate surface area is 165 Å². The summed E-state index contributed by atoms with van der Waals surface area (Å²) >= 11 is 2.77. The van der Waals surface area contributed by atoms with Gasteiger partial charge in [0.2, 0.25) is 11.0 Å². The van der Waals surface area contributed by atoms with Crippen LogP contribution in [-0.4, -0.2) is 36.6 Å². The third-order valence-electron chi connectivity index (χ3n) is 3.81. The predicted octanol–water partition coefficient (Wildman–Crippen LogP) is 3.87. The highest BCUT2D eigenvalue weighted by Gasteiger charge is 2.16. The van der Waals surface area contributed by atoms with E-state index in [1.165, 1.54) is 35.9 Å². The van der Waals surface area contributed by atoms with Crippen LogP contribution in [0.15, 0.2) is 28.0 Å². The summed E-state index contributed by atoms with van der Waals surface area (Å²) in [5.41, 5.74) is 0. The maximum atomic E-state index is 12.2. The number of furan rings is 1. The number of hydrogen-bond acceptors (Lipinski definition) is 8. The second-order valence-corrected chi connectivity index (χ2v) is 7.83. The second-order valence-electron chi connectivity index (χ2n) is 5.82. The van der Waals surface area contributed by atoms with Gasteiger partial charge in [0.25, 0.3) is 0 Å². The number of nitrogens with zero attached hydrogens (tertiary/aromatic N) is 5. The van der Waals surface area contributed by atoms with E-state index in [1.807, 2.05) is 23.6 Å². The first-order chi connectivity index (χ1) is 13.2. The van der Waals surface area contributed by atoms with Crippen LogP contribution < -0.4 is 5.32 Å². The first-order valence-corrected chi connectivity index (χ1v) is 10.7. The molecule has 27 heavy (non-hydrogen) atoms. The fourth-order valence-corrected chi connectivity index (χ4v) is 4.09. The van der Waals surface area contributed by atoms with Crippen LogP contribution in [0, 0.1) is 0 Å². The Morgan fingerprint density at radius 1 is 1.26 bits per heavy atom. The first kappa shape index (κ1) is 19.6. The number of unbranched alkanes of at least 4 members (excludes halogenated alkanes) is 2. The smallest absolute Gasteiger partial charge is 0.236 e. The topological polar surface area (TPSA) is 98.7 Å². The number of thioether (sulfide) groups is 1. The molecule has 0 saturated heterocycles. The third-order valence-corrected chi connectivity index (χ3v) is 5.68. The molecule has 0 aliphatic rings. The Morgan fingerprint density at radius 3 is 2.89 bits per heavy atom. The number of amides is 1. The summed E-state index contributed by atoms with van der Waals surface area (Å²) in [4.78, 5) is 12.2. The minimum Gasteiger partial charge on any atom is -0.461 e. The highest BCUT2D eigenvalue weighted by Crippen LogP contribution is 2.24. The van der Waals surface area contributed by atoms with Gasteiger partial charge in [0.15, 0.2) is 16.7 Å². The molecule has 0 aliphatic heterocycles. The second kappa shape index (κ2) is 9.65. The first-order valence-electron chi connectivity index (χ1n) is 8.93. The minimum absolute atomic E-state index is 0.138. The Hall–Kier alpha value is -2.20. The van der Waals surface area contributed by atoms with Gasteiger partial charge in [-0.05, 0) is 25.5 Å². The molecule has 0 atom stereocenters. The maximum absolute atomic E-state index is 12.2. The predicted molar refractivity (Wildman–Crippen MR) is 106 cm³/mol. The molecule has 10 heteroatoms.